The van der Waals surface area contributed by atoms with Crippen LogP contribution in [0.3, 0.4) is 0 Å². The molecule has 0 aliphatic rings. The third-order valence-electron chi connectivity index (χ3n) is 0.971. The molecule has 0 bridgehead atoms. The number of carboxylic acids is 1. The lowest BCUT2D eigenvalue weighted by Crippen LogP contribution is -2.28. The predicted molar refractivity (Wildman–Crippen MR) is 45.0 cm³/mol. The Kier molecular flexibility index (Phi) is 4.29. The van der Waals surface area contributed by atoms with Gasteiger partial charge in [0.05, 0.1) is 0 Å². The Morgan fingerprint density at radius 1 is 1.57 bits per heavy atom. The van der Waals surface area contributed by atoms with Crippen molar-refractivity contribution in [2.24, 2.45) is 5.73 Å². The molecule has 5 N–H and O–H groups in total. The molecule has 0 aromatic carbocycles. The van der Waals surface area contributed by atoms with Crippen molar-refractivity contribution in [3.05, 3.63) is 11.4 Å². The molecule has 0 saturated carbocycles. The molecule has 0 radical (unpaired) electrons. The number of rotatable bonds is 4. The maximum Gasteiger partial charge on any atom is 0.373 e. The highest BCUT2D eigenvalue weighted by Gasteiger charge is 2.19. The lowest BCUT2D eigenvalue weighted by atomic mass is 10.4. The first-order valence-corrected chi connectivity index (χ1v) is 4.88. The van der Waals surface area contributed by atoms with Gasteiger partial charge in [-0.3, -0.25) is 4.57 Å². The van der Waals surface area contributed by atoms with Gasteiger partial charge in [0.2, 0.25) is 0 Å². The number of primary amides is 1. The first-order valence-electron chi connectivity index (χ1n) is 3.24. The summed E-state index contributed by atoms with van der Waals surface area (Å²) < 4.78 is 14.9. The van der Waals surface area contributed by atoms with E-state index in [1.54, 1.807) is 0 Å². The van der Waals surface area contributed by atoms with Crippen LogP contribution < -0.4 is 11.2 Å². The van der Waals surface area contributed by atoms with Gasteiger partial charge in [0.15, 0.2) is 0 Å². The number of hydroxylamine groups is 1. The van der Waals surface area contributed by atoms with Crippen LogP contribution in [-0.4, -0.2) is 22.0 Å². The fraction of sp³-hybridized carbons (Fsp3) is 0.200. The van der Waals surface area contributed by atoms with Gasteiger partial charge in [0.25, 0.3) is 0 Å². The second kappa shape index (κ2) is 4.75. The average Bonchev–Trinajstić information content (AvgIpc) is 2.00. The Morgan fingerprint density at radius 2 is 2.07 bits per heavy atom. The molecule has 0 rings (SSSR count). The van der Waals surface area contributed by atoms with Crippen LogP contribution in [0.5, 0.6) is 0 Å². The van der Waals surface area contributed by atoms with Gasteiger partial charge in [0.1, 0.15) is 0 Å². The van der Waals surface area contributed by atoms with E-state index in [9.17, 15) is 14.2 Å². The van der Waals surface area contributed by atoms with Gasteiger partial charge < -0.3 is 15.7 Å². The molecule has 0 spiro atoms. The molecule has 0 fully saturated rings. The Labute approximate surface area is 78.8 Å². The van der Waals surface area contributed by atoms with E-state index in [0.29, 0.717) is 5.82 Å². The highest BCUT2D eigenvalue weighted by Crippen LogP contribution is 2.43. The summed E-state index contributed by atoms with van der Waals surface area (Å²) in [7, 11) is -4.31. The van der Waals surface area contributed by atoms with Crippen LogP contribution in [-0.2, 0) is 14.0 Å². The van der Waals surface area contributed by atoms with Crippen molar-refractivity contribution < 1.29 is 28.8 Å². The lowest BCUT2D eigenvalue weighted by Gasteiger charge is -2.06. The van der Waals surface area contributed by atoms with Gasteiger partial charge in [-0.25, -0.2) is 15.1 Å². The van der Waals surface area contributed by atoms with E-state index in [1.807, 2.05) is 0 Å². The molecule has 9 heteroatoms. The van der Waals surface area contributed by atoms with E-state index in [0.717, 1.165) is 6.92 Å². The van der Waals surface area contributed by atoms with E-state index in [2.05, 4.69) is 10.4 Å². The number of nitrogens with one attached hydrogen (secondary N) is 1. The predicted octanol–water partition coefficient (Wildman–Crippen LogP) is -0.240. The highest BCUT2D eigenvalue weighted by molar-refractivity contribution is 7.56. The van der Waals surface area contributed by atoms with Gasteiger partial charge in [-0.05, 0) is 6.92 Å². The highest BCUT2D eigenvalue weighted by atomic mass is 31.2. The number of hydrogen-bond acceptors (Lipinski definition) is 4. The molecule has 1 unspecified atom stereocenters. The van der Waals surface area contributed by atoms with E-state index in [1.165, 1.54) is 5.48 Å². The third kappa shape index (κ3) is 5.31. The van der Waals surface area contributed by atoms with Crippen molar-refractivity contribution in [3.63, 3.8) is 0 Å². The lowest BCUT2D eigenvalue weighted by molar-refractivity contribution is -0.132. The number of aliphatic carboxylic acids is 1. The maximum absolute atomic E-state index is 11.0. The first-order chi connectivity index (χ1) is 6.24. The average molecular weight is 224 g/mol. The zero-order valence-corrected chi connectivity index (χ0v) is 8.02. The molecule has 0 aromatic heterocycles. The smallest absolute Gasteiger partial charge is 0.373 e. The number of carboxylic acid groups (broad SMARTS) is 1. The maximum atomic E-state index is 11.0. The van der Waals surface area contributed by atoms with Crippen molar-refractivity contribution in [2.75, 3.05) is 0 Å². The second-order valence-corrected chi connectivity index (χ2v) is 3.81. The minimum absolute atomic E-state index is 0.387. The van der Waals surface area contributed by atoms with E-state index in [4.69, 9.17) is 10.00 Å². The van der Waals surface area contributed by atoms with Crippen molar-refractivity contribution in [3.8, 4) is 0 Å². The monoisotopic (exact) mass is 224 g/mol. The normalized spacial score (nSPS) is 15.7. The van der Waals surface area contributed by atoms with E-state index >= 15 is 0 Å². The van der Waals surface area contributed by atoms with Gasteiger partial charge in [-0.15, -0.1) is 0 Å². The SMILES string of the molecule is CC(=CP(=O)(O)ONC(N)=O)C(=O)O. The number of urea groups is 1. The summed E-state index contributed by atoms with van der Waals surface area (Å²) >= 11 is 0. The van der Waals surface area contributed by atoms with Crippen LogP contribution >= 0.6 is 7.60 Å². The summed E-state index contributed by atoms with van der Waals surface area (Å²) in [4.78, 5) is 29.2. The number of carbonyl (C=O) groups excluding carboxylic acids is 1. The largest absolute Gasteiger partial charge is 0.478 e. The first kappa shape index (κ1) is 12.6. The fourth-order valence-electron chi connectivity index (χ4n) is 0.437. The van der Waals surface area contributed by atoms with Crippen LogP contribution in [0.2, 0.25) is 0 Å². The van der Waals surface area contributed by atoms with Crippen LogP contribution in [0.1, 0.15) is 6.92 Å². The molecule has 0 aliphatic heterocycles. The zero-order chi connectivity index (χ0) is 11.4. The summed E-state index contributed by atoms with van der Waals surface area (Å²) in [5, 5.41) is 8.35. The molecule has 1 atom stereocenters. The number of carbonyl (C=O) groups is 2. The Bertz CT molecular complexity index is 324. The van der Waals surface area contributed by atoms with E-state index in [-0.39, 0.29) is 5.57 Å². The molecular weight excluding hydrogens is 215 g/mol. The van der Waals surface area contributed by atoms with Crippen molar-refractivity contribution in [1.29, 1.82) is 0 Å². The topological polar surface area (TPSA) is 139 Å². The molecule has 0 heterocycles. The second-order valence-electron chi connectivity index (χ2n) is 2.24. The van der Waals surface area contributed by atoms with Crippen LogP contribution in [0.25, 0.3) is 0 Å². The third-order valence-corrected chi connectivity index (χ3v) is 2.04. The van der Waals surface area contributed by atoms with E-state index < -0.39 is 19.6 Å². The van der Waals surface area contributed by atoms with Gasteiger partial charge in [-0.2, -0.15) is 4.62 Å². The minimum Gasteiger partial charge on any atom is -0.478 e. The number of nitrogens with two attached hydrogens (primary N) is 1. The summed E-state index contributed by atoms with van der Waals surface area (Å²) in [6.07, 6.45) is 0. The van der Waals surface area contributed by atoms with Crippen LogP contribution in [0.4, 0.5) is 4.79 Å². The Hall–Kier alpha value is -1.37. The van der Waals surface area contributed by atoms with Gasteiger partial charge >= 0.3 is 19.6 Å². The van der Waals surface area contributed by atoms with Crippen LogP contribution in [0.15, 0.2) is 11.4 Å². The van der Waals surface area contributed by atoms with Crippen LogP contribution in [0, 0.1) is 0 Å². The Balaban J connectivity index is 4.48. The molecule has 2 amide bonds. The molecule has 80 valence electrons. The number of amides is 2. The fourth-order valence-corrected chi connectivity index (χ4v) is 1.31. The molecular formula is C5H9N2O6P. The summed E-state index contributed by atoms with van der Waals surface area (Å²) in [6, 6.07) is -1.17. The standard InChI is InChI=1S/C5H9N2O6P/c1-3(4(8)9)2-14(11,12)13-7-5(6)10/h2H,1H3,(H,8,9)(H,11,12)(H3,6,7,10). The van der Waals surface area contributed by atoms with Gasteiger partial charge in [0, 0.05) is 11.4 Å². The molecule has 8 nitrogen and oxygen atoms in total. The molecule has 14 heavy (non-hydrogen) atoms. The minimum atomic E-state index is -4.31. The summed E-state index contributed by atoms with van der Waals surface area (Å²) in [5.41, 5.74) is 5.58. The van der Waals surface area contributed by atoms with Crippen molar-refractivity contribution in [1.82, 2.24) is 5.48 Å². The Morgan fingerprint density at radius 3 is 2.43 bits per heavy atom. The summed E-state index contributed by atoms with van der Waals surface area (Å²) in [5.74, 6) is -0.896. The zero-order valence-electron chi connectivity index (χ0n) is 7.13. The molecule has 0 aliphatic carbocycles. The molecule has 0 saturated heterocycles. The van der Waals surface area contributed by atoms with Crippen molar-refractivity contribution in [2.45, 2.75) is 6.92 Å². The quantitative estimate of drug-likeness (QED) is 0.295. The van der Waals surface area contributed by atoms with Gasteiger partial charge in [-0.1, -0.05) is 0 Å². The number of hydrogen-bond donors (Lipinski definition) is 4. The van der Waals surface area contributed by atoms with Crippen molar-refractivity contribution >= 4 is 19.6 Å². The summed E-state index contributed by atoms with van der Waals surface area (Å²) in [6.45, 7) is 1.10. The molecule has 0 aromatic rings.